The summed E-state index contributed by atoms with van der Waals surface area (Å²) >= 11 is 0. The van der Waals surface area contributed by atoms with E-state index in [1.807, 2.05) is 30.3 Å². The van der Waals surface area contributed by atoms with E-state index < -0.39 is 0 Å². The van der Waals surface area contributed by atoms with Gasteiger partial charge in [-0.25, -0.2) is 0 Å². The Labute approximate surface area is 113 Å². The zero-order chi connectivity index (χ0) is 14.0. The third-order valence-electron chi connectivity index (χ3n) is 3.29. The molecule has 6 heteroatoms. The number of aromatic nitrogens is 4. The van der Waals surface area contributed by atoms with Gasteiger partial charge in [-0.3, -0.25) is 20.6 Å². The molecule has 2 aromatic rings. The summed E-state index contributed by atoms with van der Waals surface area (Å²) in [6.07, 6.45) is 0.796. The molecular weight excluding hydrogens is 240 g/mol. The van der Waals surface area contributed by atoms with Crippen LogP contribution in [0.1, 0.15) is 35.7 Å². The van der Waals surface area contributed by atoms with Gasteiger partial charge in [0, 0.05) is 25.7 Å². The Bertz CT molecular complexity index is 553. The summed E-state index contributed by atoms with van der Waals surface area (Å²) in [7, 11) is 1.94. The summed E-state index contributed by atoms with van der Waals surface area (Å²) in [5.74, 6) is 5.71. The first-order valence-electron chi connectivity index (χ1n) is 6.55. The summed E-state index contributed by atoms with van der Waals surface area (Å²) in [6.45, 7) is 6.95. The standard InChI is InChI=1S/C13H22N6/c1-5-19-11(6-9(2)17-19)8-12(15-14)13-7-10(3)16-18(13)4/h6-7,12,15H,5,8,14H2,1-4H3. The predicted molar refractivity (Wildman–Crippen MR) is 74.4 cm³/mol. The smallest absolute Gasteiger partial charge is 0.0684 e. The molecule has 2 aromatic heterocycles. The first-order chi connectivity index (χ1) is 9.05. The second-order valence-corrected chi connectivity index (χ2v) is 4.85. The van der Waals surface area contributed by atoms with Gasteiger partial charge < -0.3 is 0 Å². The maximum atomic E-state index is 5.71. The average molecular weight is 262 g/mol. The molecule has 1 atom stereocenters. The highest BCUT2D eigenvalue weighted by molar-refractivity contribution is 5.17. The topological polar surface area (TPSA) is 73.7 Å². The minimum Gasteiger partial charge on any atom is -0.271 e. The first kappa shape index (κ1) is 13.8. The quantitative estimate of drug-likeness (QED) is 0.623. The van der Waals surface area contributed by atoms with E-state index in [4.69, 9.17) is 5.84 Å². The fraction of sp³-hybridized carbons (Fsp3) is 0.538. The van der Waals surface area contributed by atoms with Crippen LogP contribution in [-0.4, -0.2) is 19.6 Å². The van der Waals surface area contributed by atoms with E-state index >= 15 is 0 Å². The molecule has 0 saturated carbocycles. The van der Waals surface area contributed by atoms with E-state index in [1.54, 1.807) is 0 Å². The molecule has 2 heterocycles. The van der Waals surface area contributed by atoms with E-state index in [-0.39, 0.29) is 6.04 Å². The van der Waals surface area contributed by atoms with Gasteiger partial charge in [-0.15, -0.1) is 0 Å². The van der Waals surface area contributed by atoms with Gasteiger partial charge in [-0.1, -0.05) is 0 Å². The molecule has 1 unspecified atom stereocenters. The zero-order valence-electron chi connectivity index (χ0n) is 12.0. The zero-order valence-corrected chi connectivity index (χ0v) is 12.0. The monoisotopic (exact) mass is 262 g/mol. The van der Waals surface area contributed by atoms with Crippen molar-refractivity contribution in [2.24, 2.45) is 12.9 Å². The van der Waals surface area contributed by atoms with Gasteiger partial charge in [0.15, 0.2) is 0 Å². The molecule has 0 aliphatic rings. The van der Waals surface area contributed by atoms with Crippen molar-refractivity contribution in [2.45, 2.75) is 39.8 Å². The third kappa shape index (κ3) is 2.85. The van der Waals surface area contributed by atoms with Gasteiger partial charge in [-0.2, -0.15) is 10.2 Å². The summed E-state index contributed by atoms with van der Waals surface area (Å²) in [5, 5.41) is 8.83. The number of nitrogens with two attached hydrogens (primary N) is 1. The fourth-order valence-corrected chi connectivity index (χ4v) is 2.45. The van der Waals surface area contributed by atoms with Gasteiger partial charge in [0.05, 0.1) is 23.1 Å². The Hall–Kier alpha value is -1.66. The Kier molecular flexibility index (Phi) is 4.01. The highest BCUT2D eigenvalue weighted by Crippen LogP contribution is 2.19. The van der Waals surface area contributed by atoms with Crippen molar-refractivity contribution in [2.75, 3.05) is 0 Å². The number of aryl methyl sites for hydroxylation is 4. The number of nitrogens with one attached hydrogen (secondary N) is 1. The molecule has 6 nitrogen and oxygen atoms in total. The normalized spacial score (nSPS) is 12.9. The van der Waals surface area contributed by atoms with Crippen molar-refractivity contribution < 1.29 is 0 Å². The van der Waals surface area contributed by atoms with E-state index in [0.717, 1.165) is 30.0 Å². The highest BCUT2D eigenvalue weighted by atomic mass is 15.3. The lowest BCUT2D eigenvalue weighted by Gasteiger charge is -2.16. The van der Waals surface area contributed by atoms with Crippen molar-refractivity contribution in [3.05, 3.63) is 34.9 Å². The van der Waals surface area contributed by atoms with Crippen LogP contribution < -0.4 is 11.3 Å². The minimum absolute atomic E-state index is 0.0348. The average Bonchev–Trinajstić information content (AvgIpc) is 2.88. The van der Waals surface area contributed by atoms with Crippen LogP contribution in [-0.2, 0) is 20.0 Å². The minimum atomic E-state index is 0.0348. The first-order valence-corrected chi connectivity index (χ1v) is 6.55. The Morgan fingerprint density at radius 1 is 1.26 bits per heavy atom. The molecule has 0 amide bonds. The van der Waals surface area contributed by atoms with Crippen LogP contribution in [0.15, 0.2) is 12.1 Å². The van der Waals surface area contributed by atoms with E-state index in [9.17, 15) is 0 Å². The van der Waals surface area contributed by atoms with Crippen LogP contribution in [0.2, 0.25) is 0 Å². The van der Waals surface area contributed by atoms with Crippen LogP contribution in [0.3, 0.4) is 0 Å². The maximum absolute atomic E-state index is 5.71. The second-order valence-electron chi connectivity index (χ2n) is 4.85. The van der Waals surface area contributed by atoms with Crippen molar-refractivity contribution >= 4 is 0 Å². The van der Waals surface area contributed by atoms with Gasteiger partial charge in [0.2, 0.25) is 0 Å². The Morgan fingerprint density at radius 2 is 1.95 bits per heavy atom. The van der Waals surface area contributed by atoms with Crippen LogP contribution in [0.25, 0.3) is 0 Å². The maximum Gasteiger partial charge on any atom is 0.0684 e. The van der Waals surface area contributed by atoms with E-state index in [0.29, 0.717) is 0 Å². The van der Waals surface area contributed by atoms with Crippen molar-refractivity contribution in [3.8, 4) is 0 Å². The number of hydrogen-bond donors (Lipinski definition) is 2. The van der Waals surface area contributed by atoms with E-state index in [1.165, 1.54) is 5.69 Å². The third-order valence-corrected chi connectivity index (χ3v) is 3.29. The second kappa shape index (κ2) is 5.54. The lowest BCUT2D eigenvalue weighted by molar-refractivity contribution is 0.486. The summed E-state index contributed by atoms with van der Waals surface area (Å²) in [5.41, 5.74) is 7.18. The number of rotatable bonds is 5. The molecule has 0 fully saturated rings. The molecule has 2 rings (SSSR count). The van der Waals surface area contributed by atoms with Crippen LogP contribution in [0.4, 0.5) is 0 Å². The molecule has 0 aliphatic heterocycles. The SMILES string of the molecule is CCn1nc(C)cc1CC(NN)c1cc(C)nn1C. The molecule has 0 bridgehead atoms. The molecule has 0 aliphatic carbocycles. The number of hydrogen-bond acceptors (Lipinski definition) is 4. The molecule has 0 saturated heterocycles. The molecule has 0 radical (unpaired) electrons. The molecule has 3 N–H and O–H groups in total. The lowest BCUT2D eigenvalue weighted by atomic mass is 10.1. The molecule has 0 aromatic carbocycles. The molecule has 0 spiro atoms. The van der Waals surface area contributed by atoms with Crippen molar-refractivity contribution in [1.29, 1.82) is 0 Å². The molecule has 19 heavy (non-hydrogen) atoms. The van der Waals surface area contributed by atoms with Gasteiger partial charge in [0.25, 0.3) is 0 Å². The predicted octanol–water partition coefficient (Wildman–Crippen LogP) is 1.00. The summed E-state index contributed by atoms with van der Waals surface area (Å²) < 4.78 is 3.89. The van der Waals surface area contributed by atoms with Crippen LogP contribution in [0, 0.1) is 13.8 Å². The Morgan fingerprint density at radius 3 is 2.47 bits per heavy atom. The van der Waals surface area contributed by atoms with Crippen molar-refractivity contribution in [1.82, 2.24) is 25.0 Å². The van der Waals surface area contributed by atoms with Gasteiger partial charge in [-0.05, 0) is 32.9 Å². The number of hydrazine groups is 1. The molecule has 104 valence electrons. The summed E-state index contributed by atoms with van der Waals surface area (Å²) in [4.78, 5) is 0. The largest absolute Gasteiger partial charge is 0.271 e. The lowest BCUT2D eigenvalue weighted by Crippen LogP contribution is -2.31. The summed E-state index contributed by atoms with van der Waals surface area (Å²) in [6, 6.07) is 4.20. The van der Waals surface area contributed by atoms with Gasteiger partial charge >= 0.3 is 0 Å². The van der Waals surface area contributed by atoms with Crippen LogP contribution >= 0.6 is 0 Å². The molecular formula is C13H22N6. The van der Waals surface area contributed by atoms with Crippen LogP contribution in [0.5, 0.6) is 0 Å². The fourth-order valence-electron chi connectivity index (χ4n) is 2.45. The van der Waals surface area contributed by atoms with Crippen molar-refractivity contribution in [3.63, 3.8) is 0 Å². The Balaban J connectivity index is 2.26. The van der Waals surface area contributed by atoms with Gasteiger partial charge in [0.1, 0.15) is 0 Å². The highest BCUT2D eigenvalue weighted by Gasteiger charge is 2.17. The van der Waals surface area contributed by atoms with E-state index in [2.05, 4.69) is 34.7 Å². The number of nitrogens with zero attached hydrogens (tertiary/aromatic N) is 4.